The number of allylic oxidation sites excluding steroid dienone is 1. The molecule has 1 aromatic carbocycles. The van der Waals surface area contributed by atoms with Crippen LogP contribution in [0.5, 0.6) is 0 Å². The van der Waals surface area contributed by atoms with Crippen molar-refractivity contribution in [2.24, 2.45) is 23.7 Å². The lowest BCUT2D eigenvalue weighted by Crippen LogP contribution is -2.39. The number of carboxylic acid groups (broad SMARTS) is 1. The predicted molar refractivity (Wildman–Crippen MR) is 118 cm³/mol. The Bertz CT molecular complexity index is 822. The molecule has 2 rings (SSSR count). The molecule has 3 N–H and O–H groups in total. The molecule has 8 heteroatoms. The molecule has 3 atom stereocenters. The van der Waals surface area contributed by atoms with Gasteiger partial charge < -0.3 is 20.5 Å². The molecular formula is C24H33FN2O5. The molecule has 0 heterocycles. The smallest absolute Gasteiger partial charge is 0.329 e. The third-order valence-corrected chi connectivity index (χ3v) is 5.91. The number of carbonyl (C=O) groups is 3. The van der Waals surface area contributed by atoms with Gasteiger partial charge in [-0.15, -0.1) is 0 Å². The fourth-order valence-electron chi connectivity index (χ4n) is 4.12. The second-order valence-electron chi connectivity index (χ2n) is 8.71. The Labute approximate surface area is 188 Å². The first-order valence-corrected chi connectivity index (χ1v) is 10.9. The second kappa shape index (κ2) is 12.3. The van der Waals surface area contributed by atoms with Crippen molar-refractivity contribution < 1.29 is 28.6 Å². The summed E-state index contributed by atoms with van der Waals surface area (Å²) in [5.41, 5.74) is 1.97. The van der Waals surface area contributed by atoms with E-state index in [2.05, 4.69) is 30.6 Å². The van der Waals surface area contributed by atoms with Gasteiger partial charge in [-0.05, 0) is 54.7 Å². The van der Waals surface area contributed by atoms with E-state index in [-0.39, 0.29) is 36.1 Å². The topological polar surface area (TPSA) is 105 Å². The summed E-state index contributed by atoms with van der Waals surface area (Å²) >= 11 is 0. The van der Waals surface area contributed by atoms with E-state index in [0.29, 0.717) is 31.3 Å². The average Bonchev–Trinajstić information content (AvgIpc) is 2.73. The van der Waals surface area contributed by atoms with Gasteiger partial charge in [0.05, 0.1) is 0 Å². The Morgan fingerprint density at radius 2 is 1.81 bits per heavy atom. The average molecular weight is 449 g/mol. The number of benzene rings is 1. The lowest BCUT2D eigenvalue weighted by atomic mass is 9.69. The Kier molecular flexibility index (Phi) is 9.84. The van der Waals surface area contributed by atoms with Crippen molar-refractivity contribution in [1.82, 2.24) is 10.6 Å². The molecule has 1 aliphatic carbocycles. The fraction of sp³-hybridized carbons (Fsp3) is 0.542. The zero-order valence-corrected chi connectivity index (χ0v) is 18.9. The lowest BCUT2D eigenvalue weighted by Gasteiger charge is -2.37. The number of aliphatic carboxylic acids is 1. The molecule has 176 valence electrons. The number of hydrogen-bond acceptors (Lipinski definition) is 4. The summed E-state index contributed by atoms with van der Waals surface area (Å²) in [5.74, 6) is -0.877. The molecule has 1 aromatic rings. The Morgan fingerprint density at radius 1 is 1.12 bits per heavy atom. The maximum absolute atomic E-state index is 13.0. The Balaban J connectivity index is 1.88. The summed E-state index contributed by atoms with van der Waals surface area (Å²) in [7, 11) is 0. The second-order valence-corrected chi connectivity index (χ2v) is 8.71. The van der Waals surface area contributed by atoms with Crippen molar-refractivity contribution in [2.75, 3.05) is 19.8 Å². The van der Waals surface area contributed by atoms with E-state index in [4.69, 9.17) is 9.84 Å². The molecule has 0 saturated heterocycles. The van der Waals surface area contributed by atoms with E-state index >= 15 is 0 Å². The number of hydrogen-bond donors (Lipinski definition) is 3. The largest absolute Gasteiger partial charge is 0.480 e. The molecule has 0 unspecified atom stereocenters. The molecule has 0 fully saturated rings. The van der Waals surface area contributed by atoms with Crippen LogP contribution in [0.2, 0.25) is 0 Å². The highest BCUT2D eigenvalue weighted by Gasteiger charge is 2.32. The summed E-state index contributed by atoms with van der Waals surface area (Å²) in [4.78, 5) is 34.9. The SMILES string of the molecule is CC1=C[C@@H](CNC(=O)COCC(=O)O)[C@H](C(C)C)C[C@H]1CC(=O)NCc1ccc(F)cc1. The van der Waals surface area contributed by atoms with Gasteiger partial charge in [-0.25, -0.2) is 9.18 Å². The van der Waals surface area contributed by atoms with E-state index in [1.165, 1.54) is 12.1 Å². The van der Waals surface area contributed by atoms with Gasteiger partial charge in [0.15, 0.2) is 0 Å². The number of halogens is 1. The first-order valence-electron chi connectivity index (χ1n) is 10.9. The summed E-state index contributed by atoms with van der Waals surface area (Å²) in [5, 5.41) is 14.3. The molecule has 0 saturated carbocycles. The summed E-state index contributed by atoms with van der Waals surface area (Å²) in [6, 6.07) is 6.06. The van der Waals surface area contributed by atoms with Gasteiger partial charge in [-0.2, -0.15) is 0 Å². The minimum absolute atomic E-state index is 0.0445. The van der Waals surface area contributed by atoms with Gasteiger partial charge in [0.2, 0.25) is 11.8 Å². The standard InChI is InChI=1S/C24H33FN2O5/c1-15(2)21-9-18(10-22(28)26-11-17-4-6-20(25)7-5-17)16(3)8-19(21)12-27-23(29)13-32-14-24(30)31/h4-8,15,18-19,21H,9-14H2,1-3H3,(H,26,28)(H,27,29)(H,30,31)/t18-,19-,21-/m0/s1. The van der Waals surface area contributed by atoms with E-state index in [1.807, 2.05) is 6.92 Å². The van der Waals surface area contributed by atoms with Crippen molar-refractivity contribution in [2.45, 2.75) is 40.2 Å². The van der Waals surface area contributed by atoms with Gasteiger partial charge >= 0.3 is 5.97 Å². The molecule has 0 bridgehead atoms. The highest BCUT2D eigenvalue weighted by atomic mass is 19.1. The van der Waals surface area contributed by atoms with Crippen LogP contribution in [-0.4, -0.2) is 42.6 Å². The van der Waals surface area contributed by atoms with Crippen molar-refractivity contribution in [3.05, 3.63) is 47.3 Å². The number of carboxylic acids is 1. The van der Waals surface area contributed by atoms with Crippen LogP contribution in [0.4, 0.5) is 4.39 Å². The highest BCUT2D eigenvalue weighted by Crippen LogP contribution is 2.38. The molecule has 0 aromatic heterocycles. The number of rotatable bonds is 11. The maximum Gasteiger partial charge on any atom is 0.329 e. The normalized spacial score (nSPS) is 20.5. The Hall–Kier alpha value is -2.74. The van der Waals surface area contributed by atoms with Crippen molar-refractivity contribution in [1.29, 1.82) is 0 Å². The van der Waals surface area contributed by atoms with E-state index in [0.717, 1.165) is 17.6 Å². The molecular weight excluding hydrogens is 415 g/mol. The van der Waals surface area contributed by atoms with Gasteiger partial charge in [-0.3, -0.25) is 9.59 Å². The van der Waals surface area contributed by atoms with Crippen molar-refractivity contribution in [3.63, 3.8) is 0 Å². The maximum atomic E-state index is 13.0. The zero-order chi connectivity index (χ0) is 23.7. The molecule has 0 radical (unpaired) electrons. The van der Waals surface area contributed by atoms with Crippen LogP contribution in [0.1, 0.15) is 39.2 Å². The van der Waals surface area contributed by atoms with Crippen molar-refractivity contribution in [3.8, 4) is 0 Å². The quantitative estimate of drug-likeness (QED) is 0.452. The predicted octanol–water partition coefficient (Wildman–Crippen LogP) is 2.90. The molecule has 1 aliphatic rings. The van der Waals surface area contributed by atoms with Crippen LogP contribution < -0.4 is 10.6 Å². The molecule has 32 heavy (non-hydrogen) atoms. The number of ether oxygens (including phenoxy) is 1. The molecule has 7 nitrogen and oxygen atoms in total. The van der Waals surface area contributed by atoms with Crippen molar-refractivity contribution >= 4 is 17.8 Å². The van der Waals surface area contributed by atoms with Crippen LogP contribution in [0.15, 0.2) is 35.9 Å². The molecule has 2 amide bonds. The number of carbonyl (C=O) groups excluding carboxylic acids is 2. The summed E-state index contributed by atoms with van der Waals surface area (Å²) in [6.07, 6.45) is 3.37. The van der Waals surface area contributed by atoms with Crippen LogP contribution in [0, 0.1) is 29.5 Å². The van der Waals surface area contributed by atoms with E-state index in [9.17, 15) is 18.8 Å². The Morgan fingerprint density at radius 3 is 2.44 bits per heavy atom. The van der Waals surface area contributed by atoms with E-state index < -0.39 is 12.6 Å². The number of nitrogens with one attached hydrogen (secondary N) is 2. The number of amides is 2. The lowest BCUT2D eigenvalue weighted by molar-refractivity contribution is -0.143. The highest BCUT2D eigenvalue weighted by molar-refractivity contribution is 5.78. The third-order valence-electron chi connectivity index (χ3n) is 5.91. The first-order chi connectivity index (χ1) is 15.2. The molecule has 0 aliphatic heterocycles. The monoisotopic (exact) mass is 448 g/mol. The van der Waals surface area contributed by atoms with Crippen LogP contribution in [0.3, 0.4) is 0 Å². The van der Waals surface area contributed by atoms with Gasteiger partial charge in [-0.1, -0.05) is 37.6 Å². The summed E-state index contributed by atoms with van der Waals surface area (Å²) < 4.78 is 17.8. The van der Waals surface area contributed by atoms with Crippen LogP contribution >= 0.6 is 0 Å². The minimum atomic E-state index is -1.11. The van der Waals surface area contributed by atoms with E-state index in [1.54, 1.807) is 12.1 Å². The fourth-order valence-corrected chi connectivity index (χ4v) is 4.12. The van der Waals surface area contributed by atoms with Crippen LogP contribution in [-0.2, 0) is 25.7 Å². The van der Waals surface area contributed by atoms with Gasteiger partial charge in [0, 0.05) is 19.5 Å². The minimum Gasteiger partial charge on any atom is -0.480 e. The van der Waals surface area contributed by atoms with Gasteiger partial charge in [0.25, 0.3) is 0 Å². The third kappa shape index (κ3) is 8.42. The van der Waals surface area contributed by atoms with Gasteiger partial charge in [0.1, 0.15) is 19.0 Å². The first kappa shape index (κ1) is 25.5. The van der Waals surface area contributed by atoms with Crippen LogP contribution in [0.25, 0.3) is 0 Å². The zero-order valence-electron chi connectivity index (χ0n) is 18.9. The summed E-state index contributed by atoms with van der Waals surface area (Å²) in [6.45, 7) is 6.30. The molecule has 0 spiro atoms.